The first kappa shape index (κ1) is 16.5. The van der Waals surface area contributed by atoms with Crippen LogP contribution in [0.3, 0.4) is 0 Å². The van der Waals surface area contributed by atoms with E-state index in [1.807, 2.05) is 0 Å². The molecule has 1 aliphatic rings. The maximum Gasteiger partial charge on any atom is 0.322 e. The smallest absolute Gasteiger partial charge is 0.322 e. The van der Waals surface area contributed by atoms with Gasteiger partial charge in [-0.2, -0.15) is 4.31 Å². The molecule has 0 spiro atoms. The van der Waals surface area contributed by atoms with Gasteiger partial charge in [0.25, 0.3) is 0 Å². The van der Waals surface area contributed by atoms with Crippen LogP contribution in [0.5, 0.6) is 11.5 Å². The molecule has 2 atom stereocenters. The predicted octanol–water partition coefficient (Wildman–Crippen LogP) is -0.0877. The van der Waals surface area contributed by atoms with Crippen LogP contribution in [0.4, 0.5) is 0 Å². The summed E-state index contributed by atoms with van der Waals surface area (Å²) in [5, 5.41) is 18.7. The van der Waals surface area contributed by atoms with E-state index in [2.05, 4.69) is 0 Å². The summed E-state index contributed by atoms with van der Waals surface area (Å²) in [5.74, 6) is -0.714. The zero-order valence-electron chi connectivity index (χ0n) is 12.1. The summed E-state index contributed by atoms with van der Waals surface area (Å²) >= 11 is 0. The molecule has 1 saturated heterocycles. The number of aliphatic carboxylic acids is 1. The second kappa shape index (κ2) is 6.11. The Morgan fingerprint density at radius 2 is 1.91 bits per heavy atom. The van der Waals surface area contributed by atoms with Gasteiger partial charge >= 0.3 is 5.97 Å². The molecule has 1 aliphatic heterocycles. The van der Waals surface area contributed by atoms with E-state index in [0.29, 0.717) is 5.75 Å². The molecule has 0 aliphatic carbocycles. The van der Waals surface area contributed by atoms with Crippen molar-refractivity contribution in [1.29, 1.82) is 0 Å². The number of β-amino-alcohol motifs (C(OH)–C–C–N with tert-alkyl or cyclic N) is 1. The normalized spacial score (nSPS) is 22.5. The Labute approximate surface area is 127 Å². The summed E-state index contributed by atoms with van der Waals surface area (Å²) in [5.41, 5.74) is 0. The van der Waals surface area contributed by atoms with Crippen molar-refractivity contribution in [1.82, 2.24) is 4.31 Å². The van der Waals surface area contributed by atoms with E-state index in [-0.39, 0.29) is 23.6 Å². The van der Waals surface area contributed by atoms with Crippen LogP contribution in [-0.2, 0) is 14.8 Å². The molecule has 8 nitrogen and oxygen atoms in total. The molecule has 22 heavy (non-hydrogen) atoms. The quantitative estimate of drug-likeness (QED) is 0.775. The standard InChI is InChI=1S/C13H17NO7S/c1-20-11-4-3-9(6-12(11)21-2)22(18,19)14-7-8(15)5-10(14)13(16)17/h3-4,6,8,10,15H,5,7H2,1-2H3,(H,16,17)/t8-,10-/m1/s1. The number of benzene rings is 1. The van der Waals surface area contributed by atoms with Crippen LogP contribution >= 0.6 is 0 Å². The van der Waals surface area contributed by atoms with E-state index in [1.54, 1.807) is 0 Å². The number of aliphatic hydroxyl groups is 1. The fourth-order valence-electron chi connectivity index (χ4n) is 2.39. The van der Waals surface area contributed by atoms with E-state index in [4.69, 9.17) is 14.6 Å². The molecule has 1 aromatic rings. The number of methoxy groups -OCH3 is 2. The van der Waals surface area contributed by atoms with Gasteiger partial charge in [-0.25, -0.2) is 8.42 Å². The maximum atomic E-state index is 12.6. The first-order valence-electron chi connectivity index (χ1n) is 6.46. The lowest BCUT2D eigenvalue weighted by atomic mass is 10.2. The van der Waals surface area contributed by atoms with E-state index >= 15 is 0 Å². The Balaban J connectivity index is 2.44. The van der Waals surface area contributed by atoms with Gasteiger partial charge < -0.3 is 19.7 Å². The lowest BCUT2D eigenvalue weighted by Gasteiger charge is -2.21. The molecule has 0 aromatic heterocycles. The van der Waals surface area contributed by atoms with Crippen molar-refractivity contribution >= 4 is 16.0 Å². The van der Waals surface area contributed by atoms with Gasteiger partial charge in [-0.3, -0.25) is 4.79 Å². The number of sulfonamides is 1. The topological polar surface area (TPSA) is 113 Å². The minimum atomic E-state index is -4.07. The molecule has 0 bridgehead atoms. The van der Waals surface area contributed by atoms with Gasteiger partial charge in [0, 0.05) is 19.0 Å². The molecule has 1 aromatic carbocycles. The third kappa shape index (κ3) is 2.87. The van der Waals surface area contributed by atoms with E-state index in [0.717, 1.165) is 4.31 Å². The van der Waals surface area contributed by atoms with Gasteiger partial charge in [0.15, 0.2) is 11.5 Å². The molecule has 0 amide bonds. The Morgan fingerprint density at radius 3 is 2.45 bits per heavy atom. The van der Waals surface area contributed by atoms with Crippen molar-refractivity contribution in [2.24, 2.45) is 0 Å². The van der Waals surface area contributed by atoms with Crippen molar-refractivity contribution in [3.63, 3.8) is 0 Å². The highest BCUT2D eigenvalue weighted by Gasteiger charge is 2.43. The zero-order valence-corrected chi connectivity index (χ0v) is 12.9. The molecular formula is C13H17NO7S. The number of hydrogen-bond acceptors (Lipinski definition) is 6. The van der Waals surface area contributed by atoms with E-state index < -0.39 is 28.1 Å². The summed E-state index contributed by atoms with van der Waals surface area (Å²) in [6, 6.07) is 2.71. The SMILES string of the molecule is COc1ccc(S(=O)(=O)N2C[C@H](O)C[C@@H]2C(=O)O)cc1OC. The monoisotopic (exact) mass is 331 g/mol. The van der Waals surface area contributed by atoms with E-state index in [1.165, 1.54) is 32.4 Å². The van der Waals surface area contributed by atoms with Crippen LogP contribution in [0, 0.1) is 0 Å². The Kier molecular flexibility index (Phi) is 4.59. The fraction of sp³-hybridized carbons (Fsp3) is 0.462. The number of carboxylic acids is 1. The molecule has 9 heteroatoms. The lowest BCUT2D eigenvalue weighted by molar-refractivity contribution is -0.140. The number of aliphatic hydroxyl groups excluding tert-OH is 1. The maximum absolute atomic E-state index is 12.6. The molecule has 2 N–H and O–H groups in total. The largest absolute Gasteiger partial charge is 0.493 e. The van der Waals surface area contributed by atoms with E-state index in [9.17, 15) is 18.3 Å². The summed E-state index contributed by atoms with van der Waals surface area (Å²) in [4.78, 5) is 11.1. The molecule has 0 radical (unpaired) electrons. The van der Waals surface area contributed by atoms with Gasteiger partial charge in [-0.1, -0.05) is 0 Å². The molecule has 1 fully saturated rings. The number of carboxylic acid groups (broad SMARTS) is 1. The predicted molar refractivity (Wildman–Crippen MR) is 75.5 cm³/mol. The van der Waals surface area contributed by atoms with Crippen molar-refractivity contribution < 1.29 is 32.9 Å². The van der Waals surface area contributed by atoms with Gasteiger partial charge in [-0.15, -0.1) is 0 Å². The zero-order chi connectivity index (χ0) is 16.5. The van der Waals surface area contributed by atoms with Crippen LogP contribution in [0.15, 0.2) is 23.1 Å². The van der Waals surface area contributed by atoms with Gasteiger partial charge in [0.2, 0.25) is 10.0 Å². The summed E-state index contributed by atoms with van der Waals surface area (Å²) in [7, 11) is -1.28. The Morgan fingerprint density at radius 1 is 1.27 bits per heavy atom. The highest BCUT2D eigenvalue weighted by Crippen LogP contribution is 2.33. The van der Waals surface area contributed by atoms with Gasteiger partial charge in [0.1, 0.15) is 6.04 Å². The summed E-state index contributed by atoms with van der Waals surface area (Å²) in [6.07, 6.45) is -1.14. The van der Waals surface area contributed by atoms with Gasteiger partial charge in [0.05, 0.1) is 25.2 Å². The van der Waals surface area contributed by atoms with Crippen LogP contribution in [-0.4, -0.2) is 61.8 Å². The molecule has 1 heterocycles. The van der Waals surface area contributed by atoms with Gasteiger partial charge in [-0.05, 0) is 12.1 Å². The molecule has 0 saturated carbocycles. The lowest BCUT2D eigenvalue weighted by Crippen LogP contribution is -2.40. The highest BCUT2D eigenvalue weighted by molar-refractivity contribution is 7.89. The Hall–Kier alpha value is -1.84. The third-order valence-corrected chi connectivity index (χ3v) is 5.35. The van der Waals surface area contributed by atoms with Crippen LogP contribution in [0.25, 0.3) is 0 Å². The minimum absolute atomic E-state index is 0.120. The van der Waals surface area contributed by atoms with Crippen LogP contribution in [0.1, 0.15) is 6.42 Å². The highest BCUT2D eigenvalue weighted by atomic mass is 32.2. The third-order valence-electron chi connectivity index (χ3n) is 3.48. The van der Waals surface area contributed by atoms with Crippen molar-refractivity contribution in [3.05, 3.63) is 18.2 Å². The summed E-state index contributed by atoms with van der Waals surface area (Å²) in [6.45, 7) is -0.256. The van der Waals surface area contributed by atoms with Crippen LogP contribution < -0.4 is 9.47 Å². The second-order valence-corrected chi connectivity index (χ2v) is 6.73. The molecule has 122 valence electrons. The Bertz CT molecular complexity index is 673. The van der Waals surface area contributed by atoms with Crippen molar-refractivity contribution in [3.8, 4) is 11.5 Å². The van der Waals surface area contributed by atoms with Crippen LogP contribution in [0.2, 0.25) is 0 Å². The van der Waals surface area contributed by atoms with Crippen molar-refractivity contribution in [2.45, 2.75) is 23.5 Å². The second-order valence-electron chi connectivity index (χ2n) is 4.84. The minimum Gasteiger partial charge on any atom is -0.493 e. The number of nitrogens with zero attached hydrogens (tertiary/aromatic N) is 1. The summed E-state index contributed by atoms with van der Waals surface area (Å²) < 4.78 is 36.1. The first-order valence-corrected chi connectivity index (χ1v) is 7.90. The fourth-order valence-corrected chi connectivity index (χ4v) is 4.03. The number of hydrogen-bond donors (Lipinski definition) is 2. The molecular weight excluding hydrogens is 314 g/mol. The number of rotatable bonds is 5. The van der Waals surface area contributed by atoms with Crippen molar-refractivity contribution in [2.75, 3.05) is 20.8 Å². The average Bonchev–Trinajstić information content (AvgIpc) is 2.89. The molecule has 2 rings (SSSR count). The average molecular weight is 331 g/mol. The first-order chi connectivity index (χ1) is 10.3. The number of ether oxygens (including phenoxy) is 2. The molecule has 0 unspecified atom stereocenters. The number of carbonyl (C=O) groups is 1.